The summed E-state index contributed by atoms with van der Waals surface area (Å²) >= 11 is 0. The smallest absolute Gasteiger partial charge is 0.0959 e. The van der Waals surface area contributed by atoms with Gasteiger partial charge in [-0.15, -0.1) is 0 Å². The van der Waals surface area contributed by atoms with Crippen LogP contribution in [-0.2, 0) is 5.60 Å². The van der Waals surface area contributed by atoms with Crippen molar-refractivity contribution in [2.75, 3.05) is 0 Å². The lowest BCUT2D eigenvalue weighted by Gasteiger charge is -2.35. The minimum absolute atomic E-state index is 0.0857. The SMILES string of the molecule is C=C(c1ccc(-c2ccccc2)cc1)[C@@H](C)[C@@](O)(CC)c1ccccc1. The molecule has 26 heavy (non-hydrogen) atoms. The van der Waals surface area contributed by atoms with Crippen LogP contribution in [0.25, 0.3) is 16.7 Å². The second kappa shape index (κ2) is 7.72. The van der Waals surface area contributed by atoms with E-state index < -0.39 is 5.60 Å². The summed E-state index contributed by atoms with van der Waals surface area (Å²) in [6, 6.07) is 28.7. The third kappa shape index (κ3) is 3.49. The fourth-order valence-electron chi connectivity index (χ4n) is 3.53. The summed E-state index contributed by atoms with van der Waals surface area (Å²) in [4.78, 5) is 0. The van der Waals surface area contributed by atoms with Gasteiger partial charge in [-0.1, -0.05) is 105 Å². The molecule has 0 aromatic heterocycles. The number of hydrogen-bond donors (Lipinski definition) is 1. The second-order valence-corrected chi connectivity index (χ2v) is 6.83. The van der Waals surface area contributed by atoms with Gasteiger partial charge in [-0.25, -0.2) is 0 Å². The Morgan fingerprint density at radius 2 is 1.35 bits per heavy atom. The van der Waals surface area contributed by atoms with Crippen molar-refractivity contribution >= 4 is 5.57 Å². The molecule has 1 N–H and O–H groups in total. The molecule has 132 valence electrons. The Labute approximate surface area is 156 Å². The number of benzene rings is 3. The Hall–Kier alpha value is -2.64. The van der Waals surface area contributed by atoms with Gasteiger partial charge in [0.25, 0.3) is 0 Å². The van der Waals surface area contributed by atoms with E-state index in [-0.39, 0.29) is 5.92 Å². The molecule has 0 amide bonds. The van der Waals surface area contributed by atoms with Crippen LogP contribution >= 0.6 is 0 Å². The maximum atomic E-state index is 11.4. The zero-order valence-corrected chi connectivity index (χ0v) is 15.5. The van der Waals surface area contributed by atoms with E-state index in [9.17, 15) is 5.11 Å². The fourth-order valence-corrected chi connectivity index (χ4v) is 3.53. The van der Waals surface area contributed by atoms with Crippen molar-refractivity contribution in [3.8, 4) is 11.1 Å². The second-order valence-electron chi connectivity index (χ2n) is 6.83. The van der Waals surface area contributed by atoms with Crippen LogP contribution in [-0.4, -0.2) is 5.11 Å². The zero-order chi connectivity index (χ0) is 18.6. The van der Waals surface area contributed by atoms with Crippen molar-refractivity contribution in [2.45, 2.75) is 25.9 Å². The highest BCUT2D eigenvalue weighted by molar-refractivity contribution is 5.71. The molecule has 0 heterocycles. The van der Waals surface area contributed by atoms with Gasteiger partial charge < -0.3 is 5.11 Å². The molecule has 0 fully saturated rings. The van der Waals surface area contributed by atoms with E-state index in [4.69, 9.17) is 0 Å². The van der Waals surface area contributed by atoms with E-state index in [1.807, 2.05) is 55.5 Å². The molecule has 3 aromatic rings. The normalized spacial score (nSPS) is 14.4. The van der Waals surface area contributed by atoms with Crippen molar-refractivity contribution in [3.63, 3.8) is 0 Å². The van der Waals surface area contributed by atoms with Crippen LogP contribution in [0.1, 0.15) is 31.4 Å². The third-order valence-corrected chi connectivity index (χ3v) is 5.41. The highest BCUT2D eigenvalue weighted by atomic mass is 16.3. The summed E-state index contributed by atoms with van der Waals surface area (Å²) in [6.07, 6.45) is 0.638. The minimum Gasteiger partial charge on any atom is -0.385 e. The average Bonchev–Trinajstić information content (AvgIpc) is 2.73. The summed E-state index contributed by atoms with van der Waals surface area (Å²) in [5, 5.41) is 11.4. The molecule has 3 rings (SSSR count). The molecule has 0 aliphatic rings. The first-order chi connectivity index (χ1) is 12.6. The molecule has 0 spiro atoms. The van der Waals surface area contributed by atoms with Gasteiger partial charge in [-0.2, -0.15) is 0 Å². The number of aliphatic hydroxyl groups is 1. The van der Waals surface area contributed by atoms with Gasteiger partial charge in [0, 0.05) is 5.92 Å². The summed E-state index contributed by atoms with van der Waals surface area (Å²) in [6.45, 7) is 8.39. The molecule has 0 aliphatic carbocycles. The van der Waals surface area contributed by atoms with Crippen LogP contribution in [0.2, 0.25) is 0 Å². The first-order valence-corrected chi connectivity index (χ1v) is 9.19. The largest absolute Gasteiger partial charge is 0.385 e. The molecule has 0 saturated carbocycles. The Morgan fingerprint density at radius 3 is 1.88 bits per heavy atom. The Balaban J connectivity index is 1.86. The maximum Gasteiger partial charge on any atom is 0.0959 e. The molecule has 0 unspecified atom stereocenters. The van der Waals surface area contributed by atoms with Gasteiger partial charge in [0.15, 0.2) is 0 Å². The van der Waals surface area contributed by atoms with Crippen LogP contribution in [0.15, 0.2) is 91.5 Å². The van der Waals surface area contributed by atoms with E-state index >= 15 is 0 Å². The van der Waals surface area contributed by atoms with Gasteiger partial charge in [-0.05, 0) is 34.2 Å². The van der Waals surface area contributed by atoms with Crippen molar-refractivity contribution in [1.29, 1.82) is 0 Å². The lowest BCUT2D eigenvalue weighted by atomic mass is 9.75. The molecular weight excluding hydrogens is 316 g/mol. The minimum atomic E-state index is -0.920. The van der Waals surface area contributed by atoms with E-state index in [0.717, 1.165) is 16.7 Å². The van der Waals surface area contributed by atoms with Gasteiger partial charge in [-0.3, -0.25) is 0 Å². The monoisotopic (exact) mass is 342 g/mol. The third-order valence-electron chi connectivity index (χ3n) is 5.41. The summed E-state index contributed by atoms with van der Waals surface area (Å²) in [5.41, 5.74) is 4.43. The molecule has 2 atom stereocenters. The molecule has 0 saturated heterocycles. The highest BCUT2D eigenvalue weighted by Gasteiger charge is 2.35. The van der Waals surface area contributed by atoms with Crippen LogP contribution < -0.4 is 0 Å². The molecular formula is C25H26O. The highest BCUT2D eigenvalue weighted by Crippen LogP contribution is 2.40. The van der Waals surface area contributed by atoms with Gasteiger partial charge in [0.2, 0.25) is 0 Å². The van der Waals surface area contributed by atoms with E-state index in [0.29, 0.717) is 6.42 Å². The van der Waals surface area contributed by atoms with Crippen LogP contribution in [0, 0.1) is 5.92 Å². The van der Waals surface area contributed by atoms with Crippen molar-refractivity contribution in [1.82, 2.24) is 0 Å². The van der Waals surface area contributed by atoms with E-state index in [2.05, 4.69) is 49.9 Å². The summed E-state index contributed by atoms with van der Waals surface area (Å²) in [5.74, 6) is -0.0857. The Bertz CT molecular complexity index is 850. The molecule has 3 aromatic carbocycles. The maximum absolute atomic E-state index is 11.4. The van der Waals surface area contributed by atoms with E-state index in [1.54, 1.807) is 0 Å². The van der Waals surface area contributed by atoms with Crippen molar-refractivity contribution < 1.29 is 5.11 Å². The summed E-state index contributed by atoms with van der Waals surface area (Å²) in [7, 11) is 0. The number of rotatable bonds is 6. The topological polar surface area (TPSA) is 20.2 Å². The lowest BCUT2D eigenvalue weighted by Crippen LogP contribution is -2.33. The van der Waals surface area contributed by atoms with Crippen LogP contribution in [0.5, 0.6) is 0 Å². The van der Waals surface area contributed by atoms with Gasteiger partial charge >= 0.3 is 0 Å². The molecule has 1 nitrogen and oxygen atoms in total. The van der Waals surface area contributed by atoms with E-state index in [1.165, 1.54) is 11.1 Å². The predicted molar refractivity (Wildman–Crippen MR) is 111 cm³/mol. The first-order valence-electron chi connectivity index (χ1n) is 9.19. The van der Waals surface area contributed by atoms with Crippen molar-refractivity contribution in [2.24, 2.45) is 5.92 Å². The number of hydrogen-bond acceptors (Lipinski definition) is 1. The molecule has 0 radical (unpaired) electrons. The molecule has 0 aliphatic heterocycles. The predicted octanol–water partition coefficient (Wildman–Crippen LogP) is 6.30. The van der Waals surface area contributed by atoms with Gasteiger partial charge in [0.05, 0.1) is 5.60 Å². The van der Waals surface area contributed by atoms with Crippen LogP contribution in [0.3, 0.4) is 0 Å². The Morgan fingerprint density at radius 1 is 0.846 bits per heavy atom. The first kappa shape index (κ1) is 18.2. The van der Waals surface area contributed by atoms with Gasteiger partial charge in [0.1, 0.15) is 0 Å². The summed E-state index contributed by atoms with van der Waals surface area (Å²) < 4.78 is 0. The molecule has 0 bridgehead atoms. The lowest BCUT2D eigenvalue weighted by molar-refractivity contribution is 0.000542. The van der Waals surface area contributed by atoms with Crippen molar-refractivity contribution in [3.05, 3.63) is 103 Å². The Kier molecular flexibility index (Phi) is 5.39. The fraction of sp³-hybridized carbons (Fsp3) is 0.200. The quantitative estimate of drug-likeness (QED) is 0.557. The van der Waals surface area contributed by atoms with Crippen LogP contribution in [0.4, 0.5) is 0 Å². The molecule has 1 heteroatoms. The zero-order valence-electron chi connectivity index (χ0n) is 15.5. The standard InChI is InChI=1S/C25H26O/c1-4-25(26,24-13-9-6-10-14-24)20(3)19(2)21-15-17-23(18-16-21)22-11-7-5-8-12-22/h5-18,20,26H,2,4H2,1,3H3/t20-,25+/m1/s1. The average molecular weight is 342 g/mol.